The van der Waals surface area contributed by atoms with Crippen LogP contribution in [-0.2, 0) is 0 Å². The molecular formula is C17H20FNO2. The Balaban J connectivity index is 2.09. The number of hydrogen-bond donors (Lipinski definition) is 1. The van der Waals surface area contributed by atoms with Crippen LogP contribution in [-0.4, -0.2) is 18.6 Å². The minimum atomic E-state index is -0.563. The molecule has 21 heavy (non-hydrogen) atoms. The number of halogens is 1. The highest BCUT2D eigenvalue weighted by Crippen LogP contribution is 2.29. The van der Waals surface area contributed by atoms with Crippen molar-refractivity contribution in [2.24, 2.45) is 5.92 Å². The fourth-order valence-corrected chi connectivity index (χ4v) is 2.51. The zero-order valence-corrected chi connectivity index (χ0v) is 12.4. The summed E-state index contributed by atoms with van der Waals surface area (Å²) in [5.74, 6) is 2.13. The standard InChI is InChI=1S/C17H20FNO2/c1-4-8-21-16-11(2)9-14(10-15(16)18)17(20)19-12(3)13-6-5-7-13/h1,9-10,12-13H,5-8H2,2-3H3,(H,19,20). The minimum Gasteiger partial charge on any atom is -0.478 e. The van der Waals surface area contributed by atoms with Crippen molar-refractivity contribution in [3.8, 4) is 18.1 Å². The summed E-state index contributed by atoms with van der Waals surface area (Å²) >= 11 is 0. The van der Waals surface area contributed by atoms with Gasteiger partial charge in [-0.2, -0.15) is 0 Å². The number of aryl methyl sites for hydroxylation is 1. The van der Waals surface area contributed by atoms with Gasteiger partial charge in [-0.1, -0.05) is 12.3 Å². The molecule has 1 amide bonds. The summed E-state index contributed by atoms with van der Waals surface area (Å²) in [4.78, 5) is 12.2. The van der Waals surface area contributed by atoms with Gasteiger partial charge >= 0.3 is 0 Å². The van der Waals surface area contributed by atoms with E-state index in [1.165, 1.54) is 12.5 Å². The molecule has 0 aromatic heterocycles. The largest absolute Gasteiger partial charge is 0.478 e. The van der Waals surface area contributed by atoms with Crippen molar-refractivity contribution < 1.29 is 13.9 Å². The van der Waals surface area contributed by atoms with E-state index in [9.17, 15) is 9.18 Å². The highest BCUT2D eigenvalue weighted by molar-refractivity contribution is 5.94. The number of rotatable bonds is 5. The molecular weight excluding hydrogens is 269 g/mol. The number of carbonyl (C=O) groups is 1. The molecule has 0 spiro atoms. The van der Waals surface area contributed by atoms with Gasteiger partial charge in [0.25, 0.3) is 5.91 Å². The van der Waals surface area contributed by atoms with E-state index in [-0.39, 0.29) is 24.3 Å². The van der Waals surface area contributed by atoms with Gasteiger partial charge in [0.15, 0.2) is 11.6 Å². The van der Waals surface area contributed by atoms with Crippen molar-refractivity contribution in [2.45, 2.75) is 39.2 Å². The van der Waals surface area contributed by atoms with Crippen LogP contribution in [0.4, 0.5) is 4.39 Å². The predicted octanol–water partition coefficient (Wildman–Crippen LogP) is 3.06. The lowest BCUT2D eigenvalue weighted by Crippen LogP contribution is -2.40. The third-order valence-corrected chi connectivity index (χ3v) is 4.01. The smallest absolute Gasteiger partial charge is 0.251 e. The second-order valence-corrected chi connectivity index (χ2v) is 5.55. The first-order valence-corrected chi connectivity index (χ1v) is 7.20. The van der Waals surface area contributed by atoms with Gasteiger partial charge in [-0.25, -0.2) is 4.39 Å². The summed E-state index contributed by atoms with van der Waals surface area (Å²) in [6, 6.07) is 2.94. The molecule has 1 aromatic carbocycles. The van der Waals surface area contributed by atoms with E-state index in [0.717, 1.165) is 12.8 Å². The molecule has 0 aliphatic heterocycles. The number of nitrogens with one attached hydrogen (secondary N) is 1. The van der Waals surface area contributed by atoms with Crippen LogP contribution >= 0.6 is 0 Å². The van der Waals surface area contributed by atoms with Gasteiger partial charge in [0.2, 0.25) is 0 Å². The Bertz CT molecular complexity index is 550. The molecule has 0 heterocycles. The van der Waals surface area contributed by atoms with Crippen molar-refractivity contribution in [3.05, 3.63) is 29.1 Å². The normalized spacial score (nSPS) is 15.7. The molecule has 0 radical (unpaired) electrons. The van der Waals surface area contributed by atoms with E-state index in [1.807, 2.05) is 6.92 Å². The van der Waals surface area contributed by atoms with Crippen molar-refractivity contribution in [2.75, 3.05) is 6.61 Å². The number of benzene rings is 1. The fraction of sp³-hybridized carbons (Fsp3) is 0.471. The first-order valence-electron chi connectivity index (χ1n) is 7.20. The maximum atomic E-state index is 14.0. The molecule has 0 bridgehead atoms. The summed E-state index contributed by atoms with van der Waals surface area (Å²) in [5, 5.41) is 2.94. The monoisotopic (exact) mass is 289 g/mol. The molecule has 1 atom stereocenters. The Hall–Kier alpha value is -2.02. The number of hydrogen-bond acceptors (Lipinski definition) is 2. The lowest BCUT2D eigenvalue weighted by atomic mass is 9.80. The summed E-state index contributed by atoms with van der Waals surface area (Å²) < 4.78 is 19.1. The first-order chi connectivity index (χ1) is 10.0. The molecule has 4 heteroatoms. The molecule has 2 rings (SSSR count). The van der Waals surface area contributed by atoms with E-state index in [0.29, 0.717) is 17.0 Å². The third-order valence-electron chi connectivity index (χ3n) is 4.01. The van der Waals surface area contributed by atoms with Crippen LogP contribution in [0, 0.1) is 31.0 Å². The Morgan fingerprint density at radius 1 is 1.57 bits per heavy atom. The Morgan fingerprint density at radius 3 is 2.81 bits per heavy atom. The van der Waals surface area contributed by atoms with E-state index in [2.05, 4.69) is 11.2 Å². The van der Waals surface area contributed by atoms with Crippen LogP contribution in [0.15, 0.2) is 12.1 Å². The highest BCUT2D eigenvalue weighted by atomic mass is 19.1. The second-order valence-electron chi connectivity index (χ2n) is 5.55. The molecule has 0 saturated heterocycles. The quantitative estimate of drug-likeness (QED) is 0.846. The van der Waals surface area contributed by atoms with Crippen LogP contribution in [0.1, 0.15) is 42.1 Å². The van der Waals surface area contributed by atoms with E-state index in [1.54, 1.807) is 13.0 Å². The number of carbonyl (C=O) groups excluding carboxylic acids is 1. The summed E-state index contributed by atoms with van der Waals surface area (Å²) in [6.45, 7) is 3.69. The maximum absolute atomic E-state index is 14.0. The van der Waals surface area contributed by atoms with Crippen molar-refractivity contribution in [1.82, 2.24) is 5.32 Å². The summed E-state index contributed by atoms with van der Waals surface area (Å²) in [5.41, 5.74) is 0.871. The number of terminal acetylenes is 1. The molecule has 1 fully saturated rings. The molecule has 112 valence electrons. The van der Waals surface area contributed by atoms with Crippen LogP contribution in [0.2, 0.25) is 0 Å². The Kier molecular flexibility index (Phi) is 4.85. The highest BCUT2D eigenvalue weighted by Gasteiger charge is 2.25. The predicted molar refractivity (Wildman–Crippen MR) is 79.7 cm³/mol. The maximum Gasteiger partial charge on any atom is 0.251 e. The molecule has 1 saturated carbocycles. The van der Waals surface area contributed by atoms with Gasteiger partial charge < -0.3 is 10.1 Å². The van der Waals surface area contributed by atoms with Gasteiger partial charge in [0, 0.05) is 11.6 Å². The molecule has 1 aliphatic rings. The minimum absolute atomic E-state index is 0.00200. The molecule has 3 nitrogen and oxygen atoms in total. The van der Waals surface area contributed by atoms with Gasteiger partial charge in [-0.15, -0.1) is 6.42 Å². The average molecular weight is 289 g/mol. The zero-order chi connectivity index (χ0) is 15.4. The van der Waals surface area contributed by atoms with Gasteiger partial charge in [-0.3, -0.25) is 4.79 Å². The Labute approximate surface area is 124 Å². The van der Waals surface area contributed by atoms with Crippen LogP contribution < -0.4 is 10.1 Å². The topological polar surface area (TPSA) is 38.3 Å². The fourth-order valence-electron chi connectivity index (χ4n) is 2.51. The molecule has 1 unspecified atom stereocenters. The van der Waals surface area contributed by atoms with E-state index < -0.39 is 5.82 Å². The second kappa shape index (κ2) is 6.62. The van der Waals surface area contributed by atoms with Gasteiger partial charge in [0.05, 0.1) is 0 Å². The van der Waals surface area contributed by atoms with Gasteiger partial charge in [-0.05, 0) is 50.3 Å². The molecule has 1 aliphatic carbocycles. The lowest BCUT2D eigenvalue weighted by molar-refractivity contribution is 0.0908. The summed E-state index contributed by atoms with van der Waals surface area (Å²) in [7, 11) is 0. The summed E-state index contributed by atoms with van der Waals surface area (Å²) in [6.07, 6.45) is 8.61. The molecule has 1 aromatic rings. The van der Waals surface area contributed by atoms with Crippen molar-refractivity contribution in [3.63, 3.8) is 0 Å². The van der Waals surface area contributed by atoms with Crippen LogP contribution in [0.25, 0.3) is 0 Å². The van der Waals surface area contributed by atoms with Crippen molar-refractivity contribution in [1.29, 1.82) is 0 Å². The average Bonchev–Trinajstić information content (AvgIpc) is 2.35. The van der Waals surface area contributed by atoms with Crippen molar-refractivity contribution >= 4 is 5.91 Å². The zero-order valence-electron chi connectivity index (χ0n) is 12.4. The Morgan fingerprint density at radius 2 is 2.29 bits per heavy atom. The van der Waals surface area contributed by atoms with Crippen LogP contribution in [0.3, 0.4) is 0 Å². The third kappa shape index (κ3) is 3.55. The lowest BCUT2D eigenvalue weighted by Gasteiger charge is -2.31. The number of amides is 1. The van der Waals surface area contributed by atoms with Crippen LogP contribution in [0.5, 0.6) is 5.75 Å². The van der Waals surface area contributed by atoms with E-state index in [4.69, 9.17) is 11.2 Å². The van der Waals surface area contributed by atoms with E-state index >= 15 is 0 Å². The van der Waals surface area contributed by atoms with Gasteiger partial charge in [0.1, 0.15) is 6.61 Å². The molecule has 1 N–H and O–H groups in total. The number of ether oxygens (including phenoxy) is 1. The SMILES string of the molecule is C#CCOc1c(C)cc(C(=O)NC(C)C2CCC2)cc1F. The first kappa shape index (κ1) is 15.4.